The van der Waals surface area contributed by atoms with Gasteiger partial charge in [0.15, 0.2) is 18.1 Å². The molecule has 3 aromatic rings. The maximum Gasteiger partial charge on any atom is 0.338 e. The third-order valence-electron chi connectivity index (χ3n) is 4.59. The van der Waals surface area contributed by atoms with Crippen LogP contribution in [0.25, 0.3) is 11.1 Å². The van der Waals surface area contributed by atoms with Gasteiger partial charge >= 0.3 is 5.97 Å². The standard InChI is InChI=1S/C26H27NO5/c1-18(2)16-31-23-14-13-20(15-24(23)30-3)26(29)32-17-25(28)27-22-12-8-7-11-21(22)19-9-5-4-6-10-19/h4-15,18H,16-17H2,1-3H3,(H,27,28). The Balaban J connectivity index is 1.62. The van der Waals surface area contributed by atoms with Gasteiger partial charge in [-0.1, -0.05) is 62.4 Å². The number of hydrogen-bond acceptors (Lipinski definition) is 5. The Labute approximate surface area is 188 Å². The summed E-state index contributed by atoms with van der Waals surface area (Å²) in [6, 6.07) is 22.0. The Hall–Kier alpha value is -3.80. The van der Waals surface area contributed by atoms with Crippen LogP contribution in [0.3, 0.4) is 0 Å². The van der Waals surface area contributed by atoms with Crippen molar-refractivity contribution in [1.82, 2.24) is 0 Å². The van der Waals surface area contributed by atoms with E-state index >= 15 is 0 Å². The molecule has 0 fully saturated rings. The van der Waals surface area contributed by atoms with E-state index in [4.69, 9.17) is 14.2 Å². The summed E-state index contributed by atoms with van der Waals surface area (Å²) >= 11 is 0. The van der Waals surface area contributed by atoms with Gasteiger partial charge in [0.25, 0.3) is 5.91 Å². The molecule has 6 nitrogen and oxygen atoms in total. The number of rotatable bonds is 9. The first-order valence-corrected chi connectivity index (χ1v) is 10.4. The molecule has 1 amide bonds. The fraction of sp³-hybridized carbons (Fsp3) is 0.231. The van der Waals surface area contributed by atoms with Crippen molar-refractivity contribution in [3.8, 4) is 22.6 Å². The average Bonchev–Trinajstić information content (AvgIpc) is 2.82. The second-order valence-corrected chi connectivity index (χ2v) is 7.61. The summed E-state index contributed by atoms with van der Waals surface area (Å²) < 4.78 is 16.2. The topological polar surface area (TPSA) is 73.9 Å². The second-order valence-electron chi connectivity index (χ2n) is 7.61. The number of hydrogen-bond donors (Lipinski definition) is 1. The number of esters is 1. The SMILES string of the molecule is COc1cc(C(=O)OCC(=O)Nc2ccccc2-c2ccccc2)ccc1OCC(C)C. The van der Waals surface area contributed by atoms with Gasteiger partial charge in [0.05, 0.1) is 19.3 Å². The lowest BCUT2D eigenvalue weighted by molar-refractivity contribution is -0.119. The number of carbonyl (C=O) groups is 2. The average molecular weight is 434 g/mol. The first-order chi connectivity index (χ1) is 15.5. The molecule has 32 heavy (non-hydrogen) atoms. The maximum atomic E-state index is 12.4. The number of ether oxygens (including phenoxy) is 3. The van der Waals surface area contributed by atoms with Crippen LogP contribution < -0.4 is 14.8 Å². The molecule has 0 radical (unpaired) electrons. The molecule has 3 aromatic carbocycles. The summed E-state index contributed by atoms with van der Waals surface area (Å²) in [5, 5.41) is 2.81. The van der Waals surface area contributed by atoms with E-state index in [1.165, 1.54) is 7.11 Å². The largest absolute Gasteiger partial charge is 0.493 e. The van der Waals surface area contributed by atoms with Crippen molar-refractivity contribution in [2.75, 3.05) is 25.6 Å². The Kier molecular flexibility index (Phi) is 7.86. The molecular weight excluding hydrogens is 406 g/mol. The van der Waals surface area contributed by atoms with Gasteiger partial charge in [-0.25, -0.2) is 4.79 Å². The first kappa shape index (κ1) is 22.9. The molecule has 0 spiro atoms. The van der Waals surface area contributed by atoms with Gasteiger partial charge in [-0.05, 0) is 35.7 Å². The van der Waals surface area contributed by atoms with Crippen LogP contribution in [0.1, 0.15) is 24.2 Å². The zero-order chi connectivity index (χ0) is 22.9. The zero-order valence-electron chi connectivity index (χ0n) is 18.5. The predicted molar refractivity (Wildman–Crippen MR) is 124 cm³/mol. The fourth-order valence-corrected chi connectivity index (χ4v) is 3.03. The molecule has 0 aliphatic carbocycles. The smallest absolute Gasteiger partial charge is 0.338 e. The van der Waals surface area contributed by atoms with Crippen molar-refractivity contribution in [2.45, 2.75) is 13.8 Å². The van der Waals surface area contributed by atoms with Crippen LogP contribution >= 0.6 is 0 Å². The Morgan fingerprint density at radius 1 is 0.906 bits per heavy atom. The van der Waals surface area contributed by atoms with Crippen LogP contribution in [0.2, 0.25) is 0 Å². The molecular formula is C26H27NO5. The summed E-state index contributed by atoms with van der Waals surface area (Å²) in [5.74, 6) is 0.292. The van der Waals surface area contributed by atoms with E-state index in [0.717, 1.165) is 11.1 Å². The monoisotopic (exact) mass is 433 g/mol. The molecule has 0 bridgehead atoms. The quantitative estimate of drug-likeness (QED) is 0.470. The van der Waals surface area contributed by atoms with E-state index in [1.807, 2.05) is 68.4 Å². The molecule has 0 aliphatic rings. The molecule has 0 saturated heterocycles. The highest BCUT2D eigenvalue weighted by Crippen LogP contribution is 2.29. The van der Waals surface area contributed by atoms with E-state index in [1.54, 1.807) is 18.2 Å². The summed E-state index contributed by atoms with van der Waals surface area (Å²) in [7, 11) is 1.50. The number of anilines is 1. The van der Waals surface area contributed by atoms with Gasteiger partial charge in [-0.15, -0.1) is 0 Å². The van der Waals surface area contributed by atoms with Crippen LogP contribution in [-0.2, 0) is 9.53 Å². The van der Waals surface area contributed by atoms with Gasteiger partial charge in [0.2, 0.25) is 0 Å². The number of methoxy groups -OCH3 is 1. The molecule has 1 N–H and O–H groups in total. The Morgan fingerprint density at radius 2 is 1.62 bits per heavy atom. The van der Waals surface area contributed by atoms with Gasteiger partial charge in [0.1, 0.15) is 0 Å². The third-order valence-corrected chi connectivity index (χ3v) is 4.59. The minimum atomic E-state index is -0.620. The second kappa shape index (κ2) is 11.0. The molecule has 0 aromatic heterocycles. The molecule has 0 heterocycles. The van der Waals surface area contributed by atoms with Crippen molar-refractivity contribution in [3.63, 3.8) is 0 Å². The molecule has 0 saturated carbocycles. The van der Waals surface area contributed by atoms with E-state index < -0.39 is 18.5 Å². The number of amides is 1. The minimum Gasteiger partial charge on any atom is -0.493 e. The summed E-state index contributed by atoms with van der Waals surface area (Å²) in [4.78, 5) is 24.9. The van der Waals surface area contributed by atoms with Crippen molar-refractivity contribution in [3.05, 3.63) is 78.4 Å². The first-order valence-electron chi connectivity index (χ1n) is 10.4. The highest BCUT2D eigenvalue weighted by atomic mass is 16.5. The highest BCUT2D eigenvalue weighted by molar-refractivity contribution is 5.98. The Bertz CT molecular complexity index is 1060. The van der Waals surface area contributed by atoms with Crippen LogP contribution in [0, 0.1) is 5.92 Å². The Morgan fingerprint density at radius 3 is 2.34 bits per heavy atom. The lowest BCUT2D eigenvalue weighted by Crippen LogP contribution is -2.21. The summed E-state index contributed by atoms with van der Waals surface area (Å²) in [6.07, 6.45) is 0. The highest BCUT2D eigenvalue weighted by Gasteiger charge is 2.15. The lowest BCUT2D eigenvalue weighted by Gasteiger charge is -2.14. The molecule has 3 rings (SSSR count). The number of nitrogens with one attached hydrogen (secondary N) is 1. The number of carbonyl (C=O) groups excluding carboxylic acids is 2. The zero-order valence-corrected chi connectivity index (χ0v) is 18.5. The molecule has 0 atom stereocenters. The number of benzene rings is 3. The summed E-state index contributed by atoms with van der Waals surface area (Å²) in [6.45, 7) is 4.21. The molecule has 6 heteroatoms. The molecule has 0 aliphatic heterocycles. The summed E-state index contributed by atoms with van der Waals surface area (Å²) in [5.41, 5.74) is 2.78. The fourth-order valence-electron chi connectivity index (χ4n) is 3.03. The molecule has 0 unspecified atom stereocenters. The van der Waals surface area contributed by atoms with Crippen LogP contribution in [0.5, 0.6) is 11.5 Å². The predicted octanol–water partition coefficient (Wildman–Crippen LogP) is 5.19. The third kappa shape index (κ3) is 6.11. The minimum absolute atomic E-state index is 0.274. The van der Waals surface area contributed by atoms with E-state index in [2.05, 4.69) is 5.32 Å². The van der Waals surface area contributed by atoms with E-state index in [-0.39, 0.29) is 5.56 Å². The van der Waals surface area contributed by atoms with Crippen molar-refractivity contribution in [2.24, 2.45) is 5.92 Å². The van der Waals surface area contributed by atoms with Crippen molar-refractivity contribution < 1.29 is 23.8 Å². The van der Waals surface area contributed by atoms with Crippen LogP contribution in [0.15, 0.2) is 72.8 Å². The van der Waals surface area contributed by atoms with Crippen LogP contribution in [-0.4, -0.2) is 32.2 Å². The number of para-hydroxylation sites is 1. The van der Waals surface area contributed by atoms with Crippen LogP contribution in [0.4, 0.5) is 5.69 Å². The van der Waals surface area contributed by atoms with E-state index in [0.29, 0.717) is 29.7 Å². The normalized spacial score (nSPS) is 10.5. The van der Waals surface area contributed by atoms with Gasteiger partial charge in [0, 0.05) is 11.3 Å². The van der Waals surface area contributed by atoms with Gasteiger partial charge in [-0.3, -0.25) is 4.79 Å². The van der Waals surface area contributed by atoms with Gasteiger partial charge in [-0.2, -0.15) is 0 Å². The van der Waals surface area contributed by atoms with Crippen molar-refractivity contribution >= 4 is 17.6 Å². The van der Waals surface area contributed by atoms with E-state index in [9.17, 15) is 9.59 Å². The van der Waals surface area contributed by atoms with Crippen molar-refractivity contribution in [1.29, 1.82) is 0 Å². The maximum absolute atomic E-state index is 12.4. The van der Waals surface area contributed by atoms with Gasteiger partial charge < -0.3 is 19.5 Å². The lowest BCUT2D eigenvalue weighted by atomic mass is 10.0. The molecule has 166 valence electrons.